The molecule has 0 saturated carbocycles. The number of carbonyl (C=O) groups excluding carboxylic acids is 1. The fourth-order valence-electron chi connectivity index (χ4n) is 2.83. The van der Waals surface area contributed by atoms with Crippen molar-refractivity contribution in [1.82, 2.24) is 10.3 Å². The Bertz CT molecular complexity index is 1160. The summed E-state index contributed by atoms with van der Waals surface area (Å²) in [7, 11) is 0. The van der Waals surface area contributed by atoms with Crippen LogP contribution in [0.15, 0.2) is 78.2 Å². The van der Waals surface area contributed by atoms with Crippen LogP contribution in [0.2, 0.25) is 5.02 Å². The van der Waals surface area contributed by atoms with Crippen molar-refractivity contribution in [3.05, 3.63) is 106 Å². The Morgan fingerprint density at radius 3 is 2.35 bits per heavy atom. The smallest absolute Gasteiger partial charge is 0.271 e. The number of nitrogens with zero attached hydrogens (tertiary/aromatic N) is 1. The molecule has 0 saturated heterocycles. The molecule has 0 aliphatic rings. The molecule has 0 aliphatic heterocycles. The third-order valence-corrected chi connectivity index (χ3v) is 5.67. The third-order valence-electron chi connectivity index (χ3n) is 4.52. The summed E-state index contributed by atoms with van der Waals surface area (Å²) in [5.41, 5.74) is 3.11. The molecule has 0 fully saturated rings. The standard InChI is InChI=1S/C24H18ClFN2O2S/c25-19-7-1-17(2-8-19)14-30-21-11-5-18(6-12-21)24-28-22(15-31-24)23(29)27-13-16-3-9-20(26)10-4-16/h1-12,15H,13-14H2,(H,27,29). The minimum absolute atomic E-state index is 0.269. The number of thiazole rings is 1. The molecule has 3 aromatic carbocycles. The van der Waals surface area contributed by atoms with Crippen molar-refractivity contribution in [3.8, 4) is 16.3 Å². The van der Waals surface area contributed by atoms with Gasteiger partial charge in [-0.25, -0.2) is 9.37 Å². The quantitative estimate of drug-likeness (QED) is 0.368. The highest BCUT2D eigenvalue weighted by atomic mass is 35.5. The number of hydrogen-bond donors (Lipinski definition) is 1. The minimum Gasteiger partial charge on any atom is -0.489 e. The second kappa shape index (κ2) is 9.73. The molecule has 0 spiro atoms. The molecule has 7 heteroatoms. The van der Waals surface area contributed by atoms with Gasteiger partial charge in [0.2, 0.25) is 0 Å². The summed E-state index contributed by atoms with van der Waals surface area (Å²) in [6.07, 6.45) is 0. The monoisotopic (exact) mass is 452 g/mol. The molecule has 1 N–H and O–H groups in total. The number of hydrogen-bond acceptors (Lipinski definition) is 4. The van der Waals surface area contributed by atoms with Crippen LogP contribution < -0.4 is 10.1 Å². The highest BCUT2D eigenvalue weighted by Crippen LogP contribution is 2.26. The third kappa shape index (κ3) is 5.69. The van der Waals surface area contributed by atoms with Crippen LogP contribution in [0.25, 0.3) is 10.6 Å². The van der Waals surface area contributed by atoms with Crippen molar-refractivity contribution in [2.45, 2.75) is 13.2 Å². The van der Waals surface area contributed by atoms with Gasteiger partial charge in [0.25, 0.3) is 5.91 Å². The van der Waals surface area contributed by atoms with E-state index < -0.39 is 0 Å². The van der Waals surface area contributed by atoms with Gasteiger partial charge in [-0.2, -0.15) is 0 Å². The van der Waals surface area contributed by atoms with Gasteiger partial charge in [-0.1, -0.05) is 35.9 Å². The lowest BCUT2D eigenvalue weighted by atomic mass is 10.2. The number of nitrogens with one attached hydrogen (secondary N) is 1. The van der Waals surface area contributed by atoms with Crippen LogP contribution in [-0.2, 0) is 13.2 Å². The molecule has 0 radical (unpaired) electrons. The Morgan fingerprint density at radius 2 is 1.65 bits per heavy atom. The topological polar surface area (TPSA) is 51.2 Å². The average molecular weight is 453 g/mol. The first-order valence-corrected chi connectivity index (χ1v) is 10.8. The fourth-order valence-corrected chi connectivity index (χ4v) is 3.76. The van der Waals surface area contributed by atoms with Gasteiger partial charge in [0.15, 0.2) is 0 Å². The normalized spacial score (nSPS) is 10.6. The molecular weight excluding hydrogens is 435 g/mol. The van der Waals surface area contributed by atoms with E-state index in [1.807, 2.05) is 48.5 Å². The molecular formula is C24H18ClFN2O2S. The van der Waals surface area contributed by atoms with Gasteiger partial charge in [0, 0.05) is 22.5 Å². The zero-order valence-electron chi connectivity index (χ0n) is 16.3. The largest absolute Gasteiger partial charge is 0.489 e. The van der Waals surface area contributed by atoms with Gasteiger partial charge in [-0.3, -0.25) is 4.79 Å². The van der Waals surface area contributed by atoms with Crippen LogP contribution in [-0.4, -0.2) is 10.9 Å². The zero-order valence-corrected chi connectivity index (χ0v) is 17.9. The number of aromatic nitrogens is 1. The van der Waals surface area contributed by atoms with E-state index in [1.165, 1.54) is 23.5 Å². The lowest BCUT2D eigenvalue weighted by molar-refractivity contribution is 0.0946. The molecule has 0 unspecified atom stereocenters. The van der Waals surface area contributed by atoms with Crippen LogP contribution in [0.1, 0.15) is 21.6 Å². The molecule has 0 bridgehead atoms. The number of carbonyl (C=O) groups is 1. The molecule has 4 aromatic rings. The van der Waals surface area contributed by atoms with Gasteiger partial charge >= 0.3 is 0 Å². The fraction of sp³-hybridized carbons (Fsp3) is 0.0833. The predicted octanol–water partition coefficient (Wildman–Crippen LogP) is 6.11. The van der Waals surface area contributed by atoms with E-state index in [1.54, 1.807) is 17.5 Å². The number of halogens is 2. The van der Waals surface area contributed by atoms with Crippen LogP contribution in [0.3, 0.4) is 0 Å². The first-order valence-electron chi connectivity index (χ1n) is 9.53. The van der Waals surface area contributed by atoms with Crippen LogP contribution in [0.4, 0.5) is 4.39 Å². The van der Waals surface area contributed by atoms with Crippen molar-refractivity contribution >= 4 is 28.8 Å². The second-order valence-electron chi connectivity index (χ2n) is 6.79. The van der Waals surface area contributed by atoms with E-state index in [-0.39, 0.29) is 11.7 Å². The van der Waals surface area contributed by atoms with E-state index >= 15 is 0 Å². The first kappa shape index (κ1) is 21.0. The van der Waals surface area contributed by atoms with Gasteiger partial charge in [0.1, 0.15) is 28.9 Å². The van der Waals surface area contributed by atoms with Gasteiger partial charge in [0.05, 0.1) is 0 Å². The summed E-state index contributed by atoms with van der Waals surface area (Å²) >= 11 is 7.29. The maximum absolute atomic E-state index is 13.0. The second-order valence-corrected chi connectivity index (χ2v) is 8.08. The van der Waals surface area contributed by atoms with Crippen molar-refractivity contribution < 1.29 is 13.9 Å². The molecule has 1 heterocycles. The Labute approximate surface area is 188 Å². The Kier molecular flexibility index (Phi) is 6.60. The van der Waals surface area contributed by atoms with E-state index in [9.17, 15) is 9.18 Å². The van der Waals surface area contributed by atoms with E-state index in [4.69, 9.17) is 16.3 Å². The first-order chi connectivity index (χ1) is 15.1. The van der Waals surface area contributed by atoms with Gasteiger partial charge < -0.3 is 10.1 Å². The van der Waals surface area contributed by atoms with Crippen LogP contribution in [0.5, 0.6) is 5.75 Å². The van der Waals surface area contributed by atoms with Crippen molar-refractivity contribution in [2.75, 3.05) is 0 Å². The minimum atomic E-state index is -0.305. The van der Waals surface area contributed by atoms with Crippen molar-refractivity contribution in [1.29, 1.82) is 0 Å². The summed E-state index contributed by atoms with van der Waals surface area (Å²) in [5.74, 6) is 0.169. The highest BCUT2D eigenvalue weighted by Gasteiger charge is 2.12. The van der Waals surface area contributed by atoms with E-state index in [0.29, 0.717) is 23.9 Å². The lowest BCUT2D eigenvalue weighted by Crippen LogP contribution is -2.23. The predicted molar refractivity (Wildman–Crippen MR) is 121 cm³/mol. The average Bonchev–Trinajstić information content (AvgIpc) is 3.29. The highest BCUT2D eigenvalue weighted by molar-refractivity contribution is 7.13. The molecule has 0 aliphatic carbocycles. The maximum atomic E-state index is 13.0. The summed E-state index contributed by atoms with van der Waals surface area (Å²) in [6, 6.07) is 21.1. The molecule has 0 atom stereocenters. The van der Waals surface area contributed by atoms with Crippen LogP contribution in [0, 0.1) is 5.82 Å². The summed E-state index contributed by atoms with van der Waals surface area (Å²) < 4.78 is 18.8. The van der Waals surface area contributed by atoms with Crippen molar-refractivity contribution in [2.24, 2.45) is 0 Å². The van der Waals surface area contributed by atoms with Gasteiger partial charge in [-0.05, 0) is 59.7 Å². The Hall–Kier alpha value is -3.22. The molecule has 31 heavy (non-hydrogen) atoms. The van der Waals surface area contributed by atoms with E-state index in [0.717, 1.165) is 27.4 Å². The number of ether oxygens (including phenoxy) is 1. The number of rotatable bonds is 7. The lowest BCUT2D eigenvalue weighted by Gasteiger charge is -2.07. The number of benzene rings is 3. The summed E-state index contributed by atoms with van der Waals surface area (Å²) in [5, 5.41) is 5.96. The molecule has 4 rings (SSSR count). The van der Waals surface area contributed by atoms with E-state index in [2.05, 4.69) is 10.3 Å². The van der Waals surface area contributed by atoms with Crippen LogP contribution >= 0.6 is 22.9 Å². The van der Waals surface area contributed by atoms with Gasteiger partial charge in [-0.15, -0.1) is 11.3 Å². The molecule has 156 valence electrons. The zero-order chi connectivity index (χ0) is 21.6. The Morgan fingerprint density at radius 1 is 0.968 bits per heavy atom. The molecule has 4 nitrogen and oxygen atoms in total. The Balaban J connectivity index is 1.34. The maximum Gasteiger partial charge on any atom is 0.271 e. The SMILES string of the molecule is O=C(NCc1ccc(F)cc1)c1csc(-c2ccc(OCc3ccc(Cl)cc3)cc2)n1. The summed E-state index contributed by atoms with van der Waals surface area (Å²) in [4.78, 5) is 16.8. The van der Waals surface area contributed by atoms with Crippen molar-refractivity contribution in [3.63, 3.8) is 0 Å². The molecule has 1 amide bonds. The summed E-state index contributed by atoms with van der Waals surface area (Å²) in [6.45, 7) is 0.762. The number of amides is 1. The molecule has 1 aromatic heterocycles.